The van der Waals surface area contributed by atoms with Crippen LogP contribution in [0.5, 0.6) is 0 Å². The van der Waals surface area contributed by atoms with Crippen molar-refractivity contribution in [1.29, 1.82) is 0 Å². The summed E-state index contributed by atoms with van der Waals surface area (Å²) < 4.78 is 12.7. The molecule has 0 bridgehead atoms. The molecule has 1 heterocycles. The molecule has 0 spiro atoms. The minimum absolute atomic E-state index is 0.195. The summed E-state index contributed by atoms with van der Waals surface area (Å²) >= 11 is 0. The van der Waals surface area contributed by atoms with Crippen molar-refractivity contribution in [2.45, 2.75) is 38.9 Å². The lowest BCUT2D eigenvalue weighted by atomic mass is 10.1. The van der Waals surface area contributed by atoms with Gasteiger partial charge in [-0.2, -0.15) is 0 Å². The first-order chi connectivity index (χ1) is 7.22. The summed E-state index contributed by atoms with van der Waals surface area (Å²) in [4.78, 5) is 2.06. The summed E-state index contributed by atoms with van der Waals surface area (Å²) in [6, 6.07) is 0.330. The molecule has 2 atom stereocenters. The standard InChI is InChI=1S/C9H19FN2O.C2H6/c1-12(4-5-13)3-2-9-6-8(10)7-11-9;1-2/h8-9,11,13H,2-7H2,1H3;1-2H3. The Hall–Kier alpha value is -0.190. The number of nitrogens with one attached hydrogen (secondary N) is 1. The van der Waals surface area contributed by atoms with E-state index >= 15 is 0 Å². The van der Waals surface area contributed by atoms with Crippen molar-refractivity contribution in [3.63, 3.8) is 0 Å². The highest BCUT2D eigenvalue weighted by Gasteiger charge is 2.22. The molecule has 0 amide bonds. The van der Waals surface area contributed by atoms with Gasteiger partial charge in [0.1, 0.15) is 6.17 Å². The first-order valence-corrected chi connectivity index (χ1v) is 5.89. The summed E-state index contributed by atoms with van der Waals surface area (Å²) in [6.45, 7) is 6.32. The van der Waals surface area contributed by atoms with E-state index in [1.807, 2.05) is 20.9 Å². The molecule has 0 aromatic heterocycles. The van der Waals surface area contributed by atoms with Crippen molar-refractivity contribution < 1.29 is 9.50 Å². The Bertz CT molecular complexity index is 147. The van der Waals surface area contributed by atoms with Gasteiger partial charge in [0.2, 0.25) is 0 Å². The summed E-state index contributed by atoms with van der Waals surface area (Å²) in [5.41, 5.74) is 0. The van der Waals surface area contributed by atoms with E-state index in [2.05, 4.69) is 10.2 Å². The fraction of sp³-hybridized carbons (Fsp3) is 1.00. The van der Waals surface area contributed by atoms with Gasteiger partial charge in [-0.05, 0) is 26.4 Å². The Morgan fingerprint density at radius 1 is 1.40 bits per heavy atom. The van der Waals surface area contributed by atoms with Crippen LogP contribution < -0.4 is 5.32 Å². The lowest BCUT2D eigenvalue weighted by Crippen LogP contribution is -2.29. The van der Waals surface area contributed by atoms with Gasteiger partial charge in [0.25, 0.3) is 0 Å². The highest BCUT2D eigenvalue weighted by Crippen LogP contribution is 2.12. The number of hydrogen-bond donors (Lipinski definition) is 2. The smallest absolute Gasteiger partial charge is 0.114 e. The summed E-state index contributed by atoms with van der Waals surface area (Å²) in [5.74, 6) is 0. The second-order valence-corrected chi connectivity index (χ2v) is 3.75. The van der Waals surface area contributed by atoms with Gasteiger partial charge in [0, 0.05) is 19.1 Å². The molecule has 1 fully saturated rings. The van der Waals surface area contributed by atoms with Crippen molar-refractivity contribution in [3.8, 4) is 0 Å². The van der Waals surface area contributed by atoms with Gasteiger partial charge in [-0.1, -0.05) is 13.8 Å². The first kappa shape index (κ1) is 14.8. The van der Waals surface area contributed by atoms with Crippen LogP contribution >= 0.6 is 0 Å². The molecule has 2 unspecified atom stereocenters. The Kier molecular flexibility index (Phi) is 8.95. The summed E-state index contributed by atoms with van der Waals surface area (Å²) in [7, 11) is 1.97. The Labute approximate surface area is 92.7 Å². The van der Waals surface area contributed by atoms with Crippen molar-refractivity contribution in [3.05, 3.63) is 0 Å². The Morgan fingerprint density at radius 3 is 2.53 bits per heavy atom. The zero-order valence-corrected chi connectivity index (χ0v) is 10.2. The normalized spacial score (nSPS) is 25.2. The van der Waals surface area contributed by atoms with E-state index in [1.54, 1.807) is 0 Å². The number of rotatable bonds is 5. The van der Waals surface area contributed by atoms with E-state index in [-0.39, 0.29) is 6.61 Å². The van der Waals surface area contributed by atoms with Crippen LogP contribution in [0.1, 0.15) is 26.7 Å². The second-order valence-electron chi connectivity index (χ2n) is 3.75. The predicted octanol–water partition coefficient (Wildman–Crippen LogP) is 1.03. The molecule has 0 aliphatic carbocycles. The third kappa shape index (κ3) is 6.82. The molecule has 15 heavy (non-hydrogen) atoms. The highest BCUT2D eigenvalue weighted by atomic mass is 19.1. The van der Waals surface area contributed by atoms with Crippen LogP contribution in [-0.2, 0) is 0 Å². The number of aliphatic hydroxyl groups is 1. The number of halogens is 1. The monoisotopic (exact) mass is 220 g/mol. The SMILES string of the molecule is CC.CN(CCO)CCC1CC(F)CN1. The van der Waals surface area contributed by atoms with Crippen molar-refractivity contribution in [1.82, 2.24) is 10.2 Å². The van der Waals surface area contributed by atoms with E-state index in [4.69, 9.17) is 5.11 Å². The lowest BCUT2D eigenvalue weighted by molar-refractivity contribution is 0.215. The molecule has 1 rings (SSSR count). The van der Waals surface area contributed by atoms with E-state index in [9.17, 15) is 4.39 Å². The summed E-state index contributed by atoms with van der Waals surface area (Å²) in [5, 5.41) is 11.8. The average Bonchev–Trinajstić information content (AvgIpc) is 2.65. The molecule has 0 aromatic rings. The topological polar surface area (TPSA) is 35.5 Å². The Balaban J connectivity index is 0.000000921. The van der Waals surface area contributed by atoms with Crippen molar-refractivity contribution in [2.75, 3.05) is 33.3 Å². The highest BCUT2D eigenvalue weighted by molar-refractivity contribution is 4.81. The molecule has 1 aliphatic heterocycles. The van der Waals surface area contributed by atoms with Crippen LogP contribution in [0.2, 0.25) is 0 Å². The summed E-state index contributed by atoms with van der Waals surface area (Å²) in [6.07, 6.45) is 0.956. The van der Waals surface area contributed by atoms with Crippen LogP contribution in [-0.4, -0.2) is 55.5 Å². The van der Waals surface area contributed by atoms with E-state index < -0.39 is 6.17 Å². The zero-order chi connectivity index (χ0) is 11.7. The quantitative estimate of drug-likeness (QED) is 0.726. The molecular weight excluding hydrogens is 195 g/mol. The third-order valence-electron chi connectivity index (χ3n) is 2.51. The molecular formula is C11H25FN2O. The third-order valence-corrected chi connectivity index (χ3v) is 2.51. The minimum atomic E-state index is -0.659. The molecule has 3 nitrogen and oxygen atoms in total. The Morgan fingerprint density at radius 2 is 2.07 bits per heavy atom. The fourth-order valence-corrected chi connectivity index (χ4v) is 1.65. The molecule has 1 saturated heterocycles. The molecule has 0 radical (unpaired) electrons. The maximum absolute atomic E-state index is 12.7. The van der Waals surface area contributed by atoms with E-state index in [0.717, 1.165) is 13.0 Å². The number of aliphatic hydroxyl groups excluding tert-OH is 1. The van der Waals surface area contributed by atoms with Crippen LogP contribution in [0.3, 0.4) is 0 Å². The number of hydrogen-bond acceptors (Lipinski definition) is 3. The number of alkyl halides is 1. The fourth-order valence-electron chi connectivity index (χ4n) is 1.65. The predicted molar refractivity (Wildman–Crippen MR) is 61.9 cm³/mol. The molecule has 92 valence electrons. The maximum atomic E-state index is 12.7. The van der Waals surface area contributed by atoms with Gasteiger partial charge in [-0.15, -0.1) is 0 Å². The molecule has 4 heteroatoms. The van der Waals surface area contributed by atoms with Gasteiger partial charge < -0.3 is 15.3 Å². The number of likely N-dealkylation sites (N-methyl/N-ethyl adjacent to an activating group) is 1. The molecule has 1 aliphatic rings. The van der Waals surface area contributed by atoms with Gasteiger partial charge in [0.15, 0.2) is 0 Å². The zero-order valence-electron chi connectivity index (χ0n) is 10.2. The van der Waals surface area contributed by atoms with Gasteiger partial charge in [0.05, 0.1) is 6.61 Å². The molecule has 0 saturated carbocycles. The van der Waals surface area contributed by atoms with Crippen molar-refractivity contribution >= 4 is 0 Å². The van der Waals surface area contributed by atoms with Crippen LogP contribution in [0.15, 0.2) is 0 Å². The molecule has 0 aromatic carbocycles. The van der Waals surface area contributed by atoms with Crippen molar-refractivity contribution in [2.24, 2.45) is 0 Å². The lowest BCUT2D eigenvalue weighted by Gasteiger charge is -2.17. The largest absolute Gasteiger partial charge is 0.395 e. The maximum Gasteiger partial charge on any atom is 0.114 e. The van der Waals surface area contributed by atoms with Crippen LogP contribution in [0.4, 0.5) is 4.39 Å². The average molecular weight is 220 g/mol. The van der Waals surface area contributed by atoms with Crippen LogP contribution in [0, 0.1) is 0 Å². The second kappa shape index (κ2) is 9.07. The first-order valence-electron chi connectivity index (χ1n) is 5.89. The van der Waals surface area contributed by atoms with E-state index in [0.29, 0.717) is 25.6 Å². The van der Waals surface area contributed by atoms with Gasteiger partial charge in [-0.3, -0.25) is 0 Å². The minimum Gasteiger partial charge on any atom is -0.395 e. The number of nitrogens with zero attached hydrogens (tertiary/aromatic N) is 1. The molecule has 2 N–H and O–H groups in total. The van der Waals surface area contributed by atoms with Gasteiger partial charge in [-0.25, -0.2) is 4.39 Å². The van der Waals surface area contributed by atoms with Crippen LogP contribution in [0.25, 0.3) is 0 Å². The van der Waals surface area contributed by atoms with Gasteiger partial charge >= 0.3 is 0 Å². The van der Waals surface area contributed by atoms with E-state index in [1.165, 1.54) is 0 Å².